The summed E-state index contributed by atoms with van der Waals surface area (Å²) in [7, 11) is 0. The number of hydrogen-bond acceptors (Lipinski definition) is 3. The molecule has 25 heavy (non-hydrogen) atoms. The molecule has 0 spiro atoms. The van der Waals surface area contributed by atoms with Crippen molar-refractivity contribution >= 4 is 34.4 Å². The Balaban J connectivity index is 1.74. The lowest BCUT2D eigenvalue weighted by atomic mass is 10.1. The fourth-order valence-electron chi connectivity index (χ4n) is 2.58. The highest BCUT2D eigenvalue weighted by molar-refractivity contribution is 8.13. The third-order valence-corrected chi connectivity index (χ3v) is 5.60. The lowest BCUT2D eigenvalue weighted by molar-refractivity contribution is 0.0860. The Morgan fingerprint density at radius 1 is 1.28 bits per heavy atom. The van der Waals surface area contributed by atoms with Gasteiger partial charge in [-0.05, 0) is 49.2 Å². The molecule has 0 N–H and O–H groups in total. The normalized spacial score (nSPS) is 13.9. The highest BCUT2D eigenvalue weighted by atomic mass is 35.5. The van der Waals surface area contributed by atoms with Gasteiger partial charge in [-0.25, -0.2) is 4.39 Å². The minimum atomic E-state index is -0.342. The molecule has 0 saturated carbocycles. The molecule has 2 aromatic carbocycles. The highest BCUT2D eigenvalue weighted by Crippen LogP contribution is 2.27. The Kier molecular flexibility index (Phi) is 5.45. The first-order valence-electron chi connectivity index (χ1n) is 7.96. The van der Waals surface area contributed by atoms with Crippen molar-refractivity contribution in [3.8, 4) is 0 Å². The second-order valence-electron chi connectivity index (χ2n) is 5.91. The average molecular weight is 377 g/mol. The molecule has 0 fully saturated rings. The minimum absolute atomic E-state index is 0.0773. The number of carbonyl (C=O) groups is 1. The number of halogens is 2. The van der Waals surface area contributed by atoms with Gasteiger partial charge in [0.15, 0.2) is 5.17 Å². The van der Waals surface area contributed by atoms with Crippen molar-refractivity contribution in [3.63, 3.8) is 0 Å². The quantitative estimate of drug-likeness (QED) is 0.767. The van der Waals surface area contributed by atoms with Crippen molar-refractivity contribution in [2.75, 3.05) is 13.1 Å². The van der Waals surface area contributed by atoms with Crippen molar-refractivity contribution in [1.29, 1.82) is 0 Å². The van der Waals surface area contributed by atoms with Gasteiger partial charge in [0.05, 0.1) is 6.54 Å². The number of hydrogen-bond donors (Lipinski definition) is 0. The molecule has 3 nitrogen and oxygen atoms in total. The van der Waals surface area contributed by atoms with Gasteiger partial charge in [0.2, 0.25) is 0 Å². The zero-order valence-corrected chi connectivity index (χ0v) is 15.6. The monoisotopic (exact) mass is 376 g/mol. The largest absolute Gasteiger partial charge is 0.286 e. The molecule has 1 aliphatic heterocycles. The number of aliphatic imine (C=N–C) groups is 1. The highest BCUT2D eigenvalue weighted by Gasteiger charge is 2.25. The summed E-state index contributed by atoms with van der Waals surface area (Å²) in [5, 5.41) is 1.00. The third kappa shape index (κ3) is 3.88. The van der Waals surface area contributed by atoms with Gasteiger partial charge < -0.3 is 0 Å². The summed E-state index contributed by atoms with van der Waals surface area (Å²) >= 11 is 7.40. The van der Waals surface area contributed by atoms with Crippen LogP contribution in [0.4, 0.5) is 4.39 Å². The maximum atomic E-state index is 13.9. The first kappa shape index (κ1) is 18.0. The van der Waals surface area contributed by atoms with E-state index in [4.69, 9.17) is 11.6 Å². The van der Waals surface area contributed by atoms with E-state index in [0.29, 0.717) is 40.2 Å². The molecule has 0 aliphatic carbocycles. The maximum Gasteiger partial charge on any atom is 0.259 e. The summed E-state index contributed by atoms with van der Waals surface area (Å²) in [6, 6.07) is 10.3. The van der Waals surface area contributed by atoms with E-state index in [1.165, 1.54) is 17.8 Å². The summed E-state index contributed by atoms with van der Waals surface area (Å²) in [5.41, 5.74) is 3.30. The summed E-state index contributed by atoms with van der Waals surface area (Å²) in [5.74, 6) is -0.0850. The lowest BCUT2D eigenvalue weighted by Gasteiger charge is -2.18. The number of carbonyl (C=O) groups excluding carboxylic acids is 1. The fraction of sp³-hybridized carbons (Fsp3) is 0.263. The van der Waals surface area contributed by atoms with Gasteiger partial charge in [0, 0.05) is 28.4 Å². The summed E-state index contributed by atoms with van der Waals surface area (Å²) < 4.78 is 13.9. The molecule has 130 valence electrons. The van der Waals surface area contributed by atoms with Crippen LogP contribution < -0.4 is 0 Å². The summed E-state index contributed by atoms with van der Waals surface area (Å²) in [4.78, 5) is 18.9. The molecular formula is C19H18ClFN2OS. The maximum absolute atomic E-state index is 13.9. The van der Waals surface area contributed by atoms with E-state index in [-0.39, 0.29) is 11.7 Å². The van der Waals surface area contributed by atoms with Gasteiger partial charge in [-0.1, -0.05) is 35.5 Å². The molecular weight excluding hydrogens is 359 g/mol. The van der Waals surface area contributed by atoms with Gasteiger partial charge in [-0.15, -0.1) is 0 Å². The van der Waals surface area contributed by atoms with Crippen molar-refractivity contribution in [1.82, 2.24) is 4.90 Å². The standard InChI is InChI=1S/C19H18ClFN2OS/c1-12-6-7-14(10-13(12)2)18(24)23-9-8-22-19(23)25-11-15-16(20)4-3-5-17(15)21/h3-7,10H,8-9,11H2,1-2H3. The van der Waals surface area contributed by atoms with Crippen LogP contribution in [0.25, 0.3) is 0 Å². The molecule has 0 unspecified atom stereocenters. The second-order valence-corrected chi connectivity index (χ2v) is 7.26. The predicted octanol–water partition coefficient (Wildman–Crippen LogP) is 4.84. The van der Waals surface area contributed by atoms with E-state index in [2.05, 4.69) is 4.99 Å². The molecule has 0 bridgehead atoms. The van der Waals surface area contributed by atoms with Gasteiger partial charge in [0.25, 0.3) is 5.91 Å². The number of amides is 1. The minimum Gasteiger partial charge on any atom is -0.286 e. The van der Waals surface area contributed by atoms with E-state index in [9.17, 15) is 9.18 Å². The fourth-order valence-corrected chi connectivity index (χ4v) is 3.96. The molecule has 0 saturated heterocycles. The molecule has 0 aromatic heterocycles. The molecule has 3 rings (SSSR count). The molecule has 0 atom stereocenters. The van der Waals surface area contributed by atoms with Crippen LogP contribution in [0.5, 0.6) is 0 Å². The summed E-state index contributed by atoms with van der Waals surface area (Å²) in [6.07, 6.45) is 0. The molecule has 1 amide bonds. The van der Waals surface area contributed by atoms with Crippen LogP contribution in [0.2, 0.25) is 5.02 Å². The van der Waals surface area contributed by atoms with E-state index in [1.807, 2.05) is 32.0 Å². The van der Waals surface area contributed by atoms with Crippen LogP contribution in [-0.4, -0.2) is 29.1 Å². The van der Waals surface area contributed by atoms with E-state index in [0.717, 1.165) is 11.1 Å². The molecule has 1 aliphatic rings. The smallest absolute Gasteiger partial charge is 0.259 e. The van der Waals surface area contributed by atoms with Crippen LogP contribution in [0.15, 0.2) is 41.4 Å². The molecule has 6 heteroatoms. The van der Waals surface area contributed by atoms with Gasteiger partial charge in [-0.2, -0.15) is 0 Å². The van der Waals surface area contributed by atoms with Crippen molar-refractivity contribution in [2.45, 2.75) is 19.6 Å². The van der Waals surface area contributed by atoms with E-state index in [1.54, 1.807) is 17.0 Å². The predicted molar refractivity (Wildman–Crippen MR) is 102 cm³/mol. The number of thioether (sulfide) groups is 1. The van der Waals surface area contributed by atoms with Crippen LogP contribution in [0.1, 0.15) is 27.0 Å². The third-order valence-electron chi connectivity index (χ3n) is 4.21. The first-order chi connectivity index (χ1) is 12.0. The van der Waals surface area contributed by atoms with E-state index >= 15 is 0 Å². The average Bonchev–Trinajstić information content (AvgIpc) is 3.05. The summed E-state index contributed by atoms with van der Waals surface area (Å²) in [6.45, 7) is 5.10. The number of nitrogens with zero attached hydrogens (tertiary/aromatic N) is 2. The van der Waals surface area contributed by atoms with Crippen molar-refractivity contribution < 1.29 is 9.18 Å². The number of benzene rings is 2. The SMILES string of the molecule is Cc1ccc(C(=O)N2CCN=C2SCc2c(F)cccc2Cl)cc1C. The number of aryl methyl sites for hydroxylation is 2. The van der Waals surface area contributed by atoms with Crippen LogP contribution in [0.3, 0.4) is 0 Å². The van der Waals surface area contributed by atoms with Crippen LogP contribution in [0, 0.1) is 19.7 Å². The molecule has 0 radical (unpaired) electrons. The number of amidine groups is 1. The Morgan fingerprint density at radius 3 is 2.80 bits per heavy atom. The molecule has 2 aromatic rings. The Morgan fingerprint density at radius 2 is 2.08 bits per heavy atom. The van der Waals surface area contributed by atoms with Gasteiger partial charge >= 0.3 is 0 Å². The van der Waals surface area contributed by atoms with E-state index < -0.39 is 0 Å². The Labute approximate surface area is 155 Å². The van der Waals surface area contributed by atoms with Crippen molar-refractivity contribution in [2.24, 2.45) is 4.99 Å². The Bertz CT molecular complexity index is 833. The molecule has 1 heterocycles. The number of rotatable bonds is 3. The van der Waals surface area contributed by atoms with Crippen molar-refractivity contribution in [3.05, 3.63) is 69.5 Å². The Hall–Kier alpha value is -1.85. The zero-order chi connectivity index (χ0) is 18.0. The second kappa shape index (κ2) is 7.58. The van der Waals surface area contributed by atoms with Gasteiger partial charge in [0.1, 0.15) is 5.82 Å². The lowest BCUT2D eigenvalue weighted by Crippen LogP contribution is -2.32. The first-order valence-corrected chi connectivity index (χ1v) is 9.33. The van der Waals surface area contributed by atoms with Crippen LogP contribution >= 0.6 is 23.4 Å². The van der Waals surface area contributed by atoms with Crippen LogP contribution in [-0.2, 0) is 5.75 Å². The topological polar surface area (TPSA) is 32.7 Å². The van der Waals surface area contributed by atoms with Gasteiger partial charge in [-0.3, -0.25) is 14.7 Å². The zero-order valence-electron chi connectivity index (χ0n) is 14.1.